The van der Waals surface area contributed by atoms with Crippen molar-refractivity contribution in [1.82, 2.24) is 25.5 Å². The van der Waals surface area contributed by atoms with Crippen molar-refractivity contribution in [2.75, 3.05) is 13.2 Å². The summed E-state index contributed by atoms with van der Waals surface area (Å²) < 4.78 is 4.76. The average Bonchev–Trinajstić information content (AvgIpc) is 3.09. The molecule has 112 valence electrons. The van der Waals surface area contributed by atoms with Crippen molar-refractivity contribution in [3.63, 3.8) is 0 Å². The van der Waals surface area contributed by atoms with Crippen molar-refractivity contribution in [3.8, 4) is 10.7 Å². The van der Waals surface area contributed by atoms with Crippen molar-refractivity contribution in [2.24, 2.45) is 0 Å². The van der Waals surface area contributed by atoms with Crippen molar-refractivity contribution in [2.45, 2.75) is 19.9 Å². The molecule has 21 heavy (non-hydrogen) atoms. The van der Waals surface area contributed by atoms with Gasteiger partial charge in [0.1, 0.15) is 6.54 Å². The van der Waals surface area contributed by atoms with Gasteiger partial charge in [-0.15, -0.1) is 21.5 Å². The van der Waals surface area contributed by atoms with E-state index in [1.54, 1.807) is 6.92 Å². The standard InChI is InChI=1S/C12H15N5O3S/c1-2-20-11(19)5-6-13-10(18)8-17-15-12(14-16-17)9-4-3-7-21-9/h3-4,7H,2,5-6,8H2,1H3,(H,13,18). The Bertz CT molecular complexity index is 596. The minimum absolute atomic E-state index is 0.0405. The normalized spacial score (nSPS) is 10.3. The van der Waals surface area contributed by atoms with Gasteiger partial charge in [-0.2, -0.15) is 4.80 Å². The van der Waals surface area contributed by atoms with Crippen LogP contribution in [0.2, 0.25) is 0 Å². The zero-order valence-electron chi connectivity index (χ0n) is 11.5. The molecule has 0 fully saturated rings. The van der Waals surface area contributed by atoms with Gasteiger partial charge in [0.25, 0.3) is 0 Å². The first kappa shape index (κ1) is 15.1. The summed E-state index contributed by atoms with van der Waals surface area (Å²) in [6.45, 7) is 2.25. The zero-order valence-corrected chi connectivity index (χ0v) is 12.3. The third kappa shape index (κ3) is 4.63. The Balaban J connectivity index is 1.77. The monoisotopic (exact) mass is 309 g/mol. The highest BCUT2D eigenvalue weighted by Crippen LogP contribution is 2.19. The fourth-order valence-electron chi connectivity index (χ4n) is 1.54. The average molecular weight is 309 g/mol. The Kier molecular flexibility index (Phi) is 5.38. The van der Waals surface area contributed by atoms with Crippen LogP contribution in [0.1, 0.15) is 13.3 Å². The molecule has 0 unspecified atom stereocenters. The molecule has 0 bridgehead atoms. The topological polar surface area (TPSA) is 99.0 Å². The van der Waals surface area contributed by atoms with Crippen LogP contribution in [0.3, 0.4) is 0 Å². The number of thiophene rings is 1. The fourth-order valence-corrected chi connectivity index (χ4v) is 2.18. The van der Waals surface area contributed by atoms with E-state index in [-0.39, 0.29) is 31.4 Å². The molecular weight excluding hydrogens is 294 g/mol. The largest absolute Gasteiger partial charge is 0.466 e. The Morgan fingerprint density at radius 2 is 2.33 bits per heavy atom. The van der Waals surface area contributed by atoms with Gasteiger partial charge in [-0.3, -0.25) is 9.59 Å². The number of hydrogen-bond donors (Lipinski definition) is 1. The summed E-state index contributed by atoms with van der Waals surface area (Å²) in [5.41, 5.74) is 0. The number of carbonyl (C=O) groups excluding carboxylic acids is 2. The van der Waals surface area contributed by atoms with Crippen LogP contribution >= 0.6 is 11.3 Å². The van der Waals surface area contributed by atoms with E-state index in [0.717, 1.165) is 4.88 Å². The predicted octanol–water partition coefficient (Wildman–Crippen LogP) is 0.471. The minimum atomic E-state index is -0.336. The molecule has 0 saturated heterocycles. The van der Waals surface area contributed by atoms with E-state index in [4.69, 9.17) is 4.74 Å². The van der Waals surface area contributed by atoms with Gasteiger partial charge in [-0.25, -0.2) is 0 Å². The number of ether oxygens (including phenoxy) is 1. The molecule has 1 amide bonds. The molecule has 2 aromatic rings. The Morgan fingerprint density at radius 3 is 3.05 bits per heavy atom. The van der Waals surface area contributed by atoms with Gasteiger partial charge in [0.05, 0.1) is 17.9 Å². The SMILES string of the molecule is CCOC(=O)CCNC(=O)Cn1nnc(-c2cccs2)n1. The lowest BCUT2D eigenvalue weighted by molar-refractivity contribution is -0.143. The highest BCUT2D eigenvalue weighted by atomic mass is 32.1. The number of nitrogens with one attached hydrogen (secondary N) is 1. The summed E-state index contributed by atoms with van der Waals surface area (Å²) in [5, 5.41) is 16.3. The van der Waals surface area contributed by atoms with Crippen molar-refractivity contribution >= 4 is 23.2 Å². The third-order valence-electron chi connectivity index (χ3n) is 2.44. The molecule has 1 N–H and O–H groups in total. The van der Waals surface area contributed by atoms with E-state index in [9.17, 15) is 9.59 Å². The summed E-state index contributed by atoms with van der Waals surface area (Å²) in [6, 6.07) is 3.77. The van der Waals surface area contributed by atoms with E-state index in [0.29, 0.717) is 12.4 Å². The van der Waals surface area contributed by atoms with Gasteiger partial charge in [0.2, 0.25) is 11.7 Å². The lowest BCUT2D eigenvalue weighted by Gasteiger charge is -2.04. The number of hydrogen-bond acceptors (Lipinski definition) is 7. The van der Waals surface area contributed by atoms with Gasteiger partial charge in [-0.05, 0) is 23.6 Å². The number of carbonyl (C=O) groups is 2. The molecule has 0 aliphatic carbocycles. The van der Waals surface area contributed by atoms with E-state index in [1.807, 2.05) is 17.5 Å². The molecule has 0 aliphatic heterocycles. The molecular formula is C12H15N5O3S. The van der Waals surface area contributed by atoms with Crippen LogP contribution in [0, 0.1) is 0 Å². The molecule has 2 rings (SSSR count). The van der Waals surface area contributed by atoms with Crippen LogP contribution in [0.5, 0.6) is 0 Å². The van der Waals surface area contributed by atoms with Gasteiger partial charge >= 0.3 is 5.97 Å². The van der Waals surface area contributed by atoms with Crippen molar-refractivity contribution in [1.29, 1.82) is 0 Å². The number of esters is 1. The van der Waals surface area contributed by atoms with Crippen LogP contribution in [-0.4, -0.2) is 45.2 Å². The van der Waals surface area contributed by atoms with Crippen molar-refractivity contribution < 1.29 is 14.3 Å². The van der Waals surface area contributed by atoms with Crippen LogP contribution in [0.15, 0.2) is 17.5 Å². The zero-order chi connectivity index (χ0) is 15.1. The molecule has 0 aliphatic rings. The first-order valence-corrected chi connectivity index (χ1v) is 7.31. The number of amides is 1. The molecule has 0 saturated carbocycles. The van der Waals surface area contributed by atoms with E-state index < -0.39 is 0 Å². The minimum Gasteiger partial charge on any atom is -0.466 e. The van der Waals surface area contributed by atoms with E-state index >= 15 is 0 Å². The molecule has 0 atom stereocenters. The summed E-state index contributed by atoms with van der Waals surface area (Å²) in [4.78, 5) is 24.9. The van der Waals surface area contributed by atoms with Gasteiger partial charge in [0.15, 0.2) is 0 Å². The summed E-state index contributed by atoms with van der Waals surface area (Å²) >= 11 is 1.50. The molecule has 0 aromatic carbocycles. The highest BCUT2D eigenvalue weighted by Gasteiger charge is 2.10. The lowest BCUT2D eigenvalue weighted by atomic mass is 10.4. The number of aromatic nitrogens is 4. The van der Waals surface area contributed by atoms with Crippen LogP contribution in [-0.2, 0) is 20.9 Å². The first-order chi connectivity index (χ1) is 10.2. The number of nitrogens with zero attached hydrogens (tertiary/aromatic N) is 4. The van der Waals surface area contributed by atoms with Crippen LogP contribution in [0.25, 0.3) is 10.7 Å². The number of rotatable bonds is 7. The second-order valence-electron chi connectivity index (χ2n) is 4.03. The van der Waals surface area contributed by atoms with Gasteiger partial charge in [0, 0.05) is 6.54 Å². The van der Waals surface area contributed by atoms with Crippen LogP contribution < -0.4 is 5.32 Å². The Hall–Kier alpha value is -2.29. The summed E-state index contributed by atoms with van der Waals surface area (Å²) in [6.07, 6.45) is 0.144. The predicted molar refractivity (Wildman–Crippen MR) is 75.4 cm³/mol. The molecule has 8 nitrogen and oxygen atoms in total. The Morgan fingerprint density at radius 1 is 1.48 bits per heavy atom. The van der Waals surface area contributed by atoms with Crippen molar-refractivity contribution in [3.05, 3.63) is 17.5 Å². The molecule has 0 spiro atoms. The summed E-state index contributed by atoms with van der Waals surface area (Å²) in [7, 11) is 0. The number of tetrazole rings is 1. The van der Waals surface area contributed by atoms with Crippen LogP contribution in [0.4, 0.5) is 0 Å². The quantitative estimate of drug-likeness (QED) is 0.746. The first-order valence-electron chi connectivity index (χ1n) is 6.43. The maximum atomic E-state index is 11.7. The van der Waals surface area contributed by atoms with Gasteiger partial charge in [-0.1, -0.05) is 6.07 Å². The van der Waals surface area contributed by atoms with E-state index in [1.165, 1.54) is 16.1 Å². The molecule has 0 radical (unpaired) electrons. The smallest absolute Gasteiger partial charge is 0.307 e. The molecule has 2 heterocycles. The third-order valence-corrected chi connectivity index (χ3v) is 3.30. The molecule has 2 aromatic heterocycles. The summed E-state index contributed by atoms with van der Waals surface area (Å²) in [5.74, 6) is -0.129. The maximum Gasteiger partial charge on any atom is 0.307 e. The second-order valence-corrected chi connectivity index (χ2v) is 4.97. The fraction of sp³-hybridized carbons (Fsp3) is 0.417. The van der Waals surface area contributed by atoms with Gasteiger partial charge < -0.3 is 10.1 Å². The second kappa shape index (κ2) is 7.48. The lowest BCUT2D eigenvalue weighted by Crippen LogP contribution is -2.30. The van der Waals surface area contributed by atoms with E-state index in [2.05, 4.69) is 20.7 Å². The molecule has 9 heteroatoms. The maximum absolute atomic E-state index is 11.7. The highest BCUT2D eigenvalue weighted by molar-refractivity contribution is 7.13. The Labute approximate surface area is 125 Å².